The summed E-state index contributed by atoms with van der Waals surface area (Å²) in [5.74, 6) is -0.777. The lowest BCUT2D eigenvalue weighted by Gasteiger charge is -2.54. The van der Waals surface area contributed by atoms with Crippen LogP contribution in [0.3, 0.4) is 0 Å². The fraction of sp³-hybridized carbons (Fsp3) is 0.958. The molecule has 14 atom stereocenters. The molecule has 240 valence electrons. The average Bonchev–Trinajstić information content (AvgIpc) is 2.94. The lowest BCUT2D eigenvalue weighted by molar-refractivity contribution is -0.332. The van der Waals surface area contributed by atoms with Crippen LogP contribution < -0.4 is 39.3 Å². The number of hydrogen-bond acceptors (Lipinski definition) is 16. The Morgan fingerprint density at radius 2 is 1.73 bits per heavy atom. The summed E-state index contributed by atoms with van der Waals surface area (Å²) in [5, 5.41) is 58.8. The highest BCUT2D eigenvalue weighted by Crippen LogP contribution is 2.37. The van der Waals surface area contributed by atoms with Gasteiger partial charge in [-0.25, -0.2) is 0 Å². The SMILES string of the molecule is CNCC1(O)C(O[C@H]2OC(CN)CCC2N)[C@@H](N)C[C@@H](NC(=O)[C@@H](O)CCN)[C@@H]1O[C@H]1OC(CO)[C@@H](O)[C@H](N)C1O. The molecular weight excluding hydrogens is 546 g/mol. The number of likely N-dealkylation sites (N-methyl/N-ethyl adjacent to an activating group) is 1. The molecule has 1 amide bonds. The van der Waals surface area contributed by atoms with Gasteiger partial charge in [0.15, 0.2) is 12.6 Å². The minimum atomic E-state index is -2.01. The maximum Gasteiger partial charge on any atom is 0.249 e. The van der Waals surface area contributed by atoms with Crippen molar-refractivity contribution < 1.29 is 49.3 Å². The molecule has 3 fully saturated rings. The third-order valence-corrected chi connectivity index (χ3v) is 8.06. The zero-order valence-corrected chi connectivity index (χ0v) is 23.3. The first-order valence-corrected chi connectivity index (χ1v) is 14.0. The predicted molar refractivity (Wildman–Crippen MR) is 143 cm³/mol. The van der Waals surface area contributed by atoms with E-state index >= 15 is 0 Å². The van der Waals surface area contributed by atoms with Crippen LogP contribution in [0.4, 0.5) is 0 Å². The molecule has 0 radical (unpaired) electrons. The number of carbonyl (C=O) groups excluding carboxylic acids is 1. The Hall–Kier alpha value is -1.13. The number of ether oxygens (including phenoxy) is 4. The normalized spacial score (nSPS) is 44.4. The summed E-state index contributed by atoms with van der Waals surface area (Å²) in [6.45, 7) is -0.524. The highest BCUT2D eigenvalue weighted by atomic mass is 16.7. The number of hydrogen-bond donors (Lipinski definition) is 12. The quantitative estimate of drug-likeness (QED) is 0.0997. The number of amides is 1. The van der Waals surface area contributed by atoms with Crippen molar-refractivity contribution >= 4 is 5.91 Å². The number of aliphatic hydroxyl groups excluding tert-OH is 4. The number of rotatable bonds is 12. The standard InChI is InChI=1S/C24H49N7O10/c1-30-9-24(37)19(40-22-11(27)3-2-10(7-26)38-22)12(28)6-13(31-21(36)14(33)4-5-25)20(24)41-23-18(35)16(29)17(34)15(8-32)39-23/h10-20,22-23,30,32-35,37H,2-9,25-29H2,1H3,(H,31,36)/t10?,11?,12-,13+,14-,15?,16-,17+,18?,19?,20-,22+,23+,24?/m0/s1. The first-order chi connectivity index (χ1) is 19.4. The monoisotopic (exact) mass is 595 g/mol. The zero-order valence-electron chi connectivity index (χ0n) is 23.3. The Morgan fingerprint density at radius 3 is 2.34 bits per heavy atom. The number of aliphatic hydroxyl groups is 5. The highest BCUT2D eigenvalue weighted by Gasteiger charge is 2.59. The van der Waals surface area contributed by atoms with Crippen molar-refractivity contribution in [2.45, 2.75) is 111 Å². The van der Waals surface area contributed by atoms with E-state index in [2.05, 4.69) is 10.6 Å². The topological polar surface area (TPSA) is 309 Å². The average molecular weight is 596 g/mol. The Balaban J connectivity index is 1.97. The molecule has 17 nitrogen and oxygen atoms in total. The fourth-order valence-corrected chi connectivity index (χ4v) is 5.74. The van der Waals surface area contributed by atoms with Crippen molar-refractivity contribution in [1.29, 1.82) is 0 Å². The fourth-order valence-electron chi connectivity index (χ4n) is 5.74. The lowest BCUT2D eigenvalue weighted by atomic mass is 9.73. The third kappa shape index (κ3) is 7.69. The third-order valence-electron chi connectivity index (χ3n) is 8.06. The lowest BCUT2D eigenvalue weighted by Crippen LogP contribution is -2.76. The Bertz CT molecular complexity index is 834. The molecule has 0 aromatic heterocycles. The minimum Gasteiger partial charge on any atom is -0.394 e. The van der Waals surface area contributed by atoms with E-state index in [0.717, 1.165) is 0 Å². The molecule has 0 aromatic rings. The van der Waals surface area contributed by atoms with Gasteiger partial charge in [-0.1, -0.05) is 0 Å². The minimum absolute atomic E-state index is 0.00829. The number of nitrogens with two attached hydrogens (primary N) is 5. The van der Waals surface area contributed by atoms with Crippen molar-refractivity contribution in [3.05, 3.63) is 0 Å². The summed E-state index contributed by atoms with van der Waals surface area (Å²) in [5.41, 5.74) is 28.0. The van der Waals surface area contributed by atoms with E-state index in [4.69, 9.17) is 47.6 Å². The van der Waals surface area contributed by atoms with Gasteiger partial charge < -0.3 is 83.8 Å². The van der Waals surface area contributed by atoms with Gasteiger partial charge >= 0.3 is 0 Å². The van der Waals surface area contributed by atoms with Gasteiger partial charge in [0.25, 0.3) is 0 Å². The van der Waals surface area contributed by atoms with E-state index in [-0.39, 0.29) is 38.6 Å². The Kier molecular flexibility index (Phi) is 12.6. The van der Waals surface area contributed by atoms with Gasteiger partial charge in [-0.05, 0) is 39.3 Å². The first-order valence-electron chi connectivity index (χ1n) is 14.0. The van der Waals surface area contributed by atoms with Crippen LogP contribution >= 0.6 is 0 Å². The molecule has 6 unspecified atom stereocenters. The van der Waals surface area contributed by atoms with Crippen LogP contribution in [0.5, 0.6) is 0 Å². The van der Waals surface area contributed by atoms with Crippen molar-refractivity contribution in [3.8, 4) is 0 Å². The molecule has 0 spiro atoms. The van der Waals surface area contributed by atoms with Crippen molar-refractivity contribution in [2.75, 3.05) is 33.3 Å². The van der Waals surface area contributed by atoms with Crippen LogP contribution in [0.15, 0.2) is 0 Å². The summed E-state index contributed by atoms with van der Waals surface area (Å²) in [6.07, 6.45) is -9.84. The van der Waals surface area contributed by atoms with Gasteiger partial charge in [0.1, 0.15) is 42.2 Å². The van der Waals surface area contributed by atoms with Crippen molar-refractivity contribution in [1.82, 2.24) is 10.6 Å². The predicted octanol–water partition coefficient (Wildman–Crippen LogP) is -6.81. The van der Waals surface area contributed by atoms with Gasteiger partial charge in [-0.15, -0.1) is 0 Å². The van der Waals surface area contributed by atoms with Gasteiger partial charge in [0, 0.05) is 19.1 Å². The molecule has 0 bridgehead atoms. The van der Waals surface area contributed by atoms with E-state index in [1.54, 1.807) is 7.05 Å². The molecule has 3 aliphatic rings. The van der Waals surface area contributed by atoms with E-state index in [0.29, 0.717) is 12.8 Å². The summed E-state index contributed by atoms with van der Waals surface area (Å²) in [6, 6.07) is -3.74. The Morgan fingerprint density at radius 1 is 1.05 bits per heavy atom. The van der Waals surface area contributed by atoms with E-state index in [9.17, 15) is 30.3 Å². The van der Waals surface area contributed by atoms with Crippen LogP contribution in [0.2, 0.25) is 0 Å². The largest absolute Gasteiger partial charge is 0.394 e. The summed E-state index contributed by atoms with van der Waals surface area (Å²) >= 11 is 0. The van der Waals surface area contributed by atoms with Crippen LogP contribution in [0, 0.1) is 0 Å². The summed E-state index contributed by atoms with van der Waals surface area (Å²) < 4.78 is 23.9. The van der Waals surface area contributed by atoms with E-state index in [1.165, 1.54) is 0 Å². The second-order valence-electron chi connectivity index (χ2n) is 11.1. The molecule has 0 aromatic carbocycles. The second-order valence-corrected chi connectivity index (χ2v) is 11.1. The first kappa shape index (κ1) is 34.4. The maximum absolute atomic E-state index is 12.8. The highest BCUT2D eigenvalue weighted by molar-refractivity contribution is 5.80. The maximum atomic E-state index is 12.8. The summed E-state index contributed by atoms with van der Waals surface area (Å²) in [4.78, 5) is 12.8. The van der Waals surface area contributed by atoms with E-state index < -0.39 is 91.5 Å². The van der Waals surface area contributed by atoms with E-state index in [1.807, 2.05) is 0 Å². The second kappa shape index (κ2) is 15.0. The van der Waals surface area contributed by atoms with Crippen LogP contribution in [0.25, 0.3) is 0 Å². The van der Waals surface area contributed by atoms with Gasteiger partial charge in [-0.2, -0.15) is 0 Å². The molecule has 1 saturated carbocycles. The molecular formula is C24H49N7O10. The zero-order chi connectivity index (χ0) is 30.5. The molecule has 2 aliphatic heterocycles. The number of carbonyl (C=O) groups is 1. The van der Waals surface area contributed by atoms with Crippen LogP contribution in [-0.2, 0) is 23.7 Å². The molecule has 1 aliphatic carbocycles. The molecule has 17 heteroatoms. The summed E-state index contributed by atoms with van der Waals surface area (Å²) in [7, 11) is 1.57. The van der Waals surface area contributed by atoms with Gasteiger partial charge in [0.05, 0.1) is 30.8 Å². The molecule has 3 rings (SSSR count). The molecule has 2 heterocycles. The van der Waals surface area contributed by atoms with Crippen LogP contribution in [-0.4, -0.2) is 150 Å². The molecule has 2 saturated heterocycles. The molecule has 17 N–H and O–H groups in total. The molecule has 41 heavy (non-hydrogen) atoms. The van der Waals surface area contributed by atoms with Crippen LogP contribution in [0.1, 0.15) is 25.7 Å². The smallest absolute Gasteiger partial charge is 0.249 e. The number of nitrogens with one attached hydrogen (secondary N) is 2. The van der Waals surface area contributed by atoms with Crippen molar-refractivity contribution in [2.24, 2.45) is 28.7 Å². The Labute approximate surface area is 239 Å². The van der Waals surface area contributed by atoms with Gasteiger partial charge in [-0.3, -0.25) is 4.79 Å². The van der Waals surface area contributed by atoms with Gasteiger partial charge in [0.2, 0.25) is 5.91 Å². The van der Waals surface area contributed by atoms with Crippen molar-refractivity contribution in [3.63, 3.8) is 0 Å².